The molecule has 0 bridgehead atoms. The van der Waals surface area contributed by atoms with Crippen molar-refractivity contribution in [1.82, 2.24) is 4.98 Å². The van der Waals surface area contributed by atoms with Gasteiger partial charge in [0.15, 0.2) is 0 Å². The smallest absolute Gasteiger partial charge is 0.119 e. The van der Waals surface area contributed by atoms with Crippen LogP contribution in [-0.4, -0.2) is 22.9 Å². The van der Waals surface area contributed by atoms with Gasteiger partial charge in [0, 0.05) is 11.7 Å². The van der Waals surface area contributed by atoms with Crippen molar-refractivity contribution in [3.63, 3.8) is 0 Å². The molecule has 1 aromatic heterocycles. The Labute approximate surface area is 237 Å². The van der Waals surface area contributed by atoms with E-state index in [0.29, 0.717) is 12.2 Å². The highest BCUT2D eigenvalue weighted by atomic mass is 19.1. The SMILES string of the molecule is Oc1ccc2c(c1)CCCC(c1ccc3[nH]ccc3c1)=C2c1ccc(OC2CCC(CCCCCF)CC2)cc1. The summed E-state index contributed by atoms with van der Waals surface area (Å²) in [7, 11) is 0. The number of hydrogen-bond donors (Lipinski definition) is 2. The fourth-order valence-corrected chi connectivity index (χ4v) is 6.77. The Kier molecular flexibility index (Phi) is 8.22. The van der Waals surface area contributed by atoms with Crippen LogP contribution in [0.15, 0.2) is 72.9 Å². The number of benzene rings is 3. The number of nitrogens with one attached hydrogen (secondary N) is 1. The number of halogens is 1. The van der Waals surface area contributed by atoms with Crippen molar-refractivity contribution in [2.45, 2.75) is 76.7 Å². The third-order valence-electron chi connectivity index (χ3n) is 8.92. The van der Waals surface area contributed by atoms with E-state index in [4.69, 9.17) is 4.74 Å². The van der Waals surface area contributed by atoms with E-state index in [0.717, 1.165) is 62.1 Å². The second-order valence-corrected chi connectivity index (χ2v) is 11.7. The molecule has 4 aromatic rings. The number of aromatic hydroxyl groups is 1. The number of phenolic OH excluding ortho intramolecular Hbond substituents is 1. The van der Waals surface area contributed by atoms with Crippen LogP contribution in [0.1, 0.15) is 86.5 Å². The summed E-state index contributed by atoms with van der Waals surface area (Å²) in [5.74, 6) is 2.03. The van der Waals surface area contributed by atoms with Gasteiger partial charge >= 0.3 is 0 Å². The Bertz CT molecular complexity index is 1460. The fraction of sp³-hybridized carbons (Fsp3) is 0.389. The van der Waals surface area contributed by atoms with Crippen LogP contribution in [-0.2, 0) is 6.42 Å². The molecule has 3 aromatic carbocycles. The first-order chi connectivity index (χ1) is 19.7. The molecule has 0 amide bonds. The number of allylic oxidation sites excluding steroid dienone is 1. The molecule has 3 nitrogen and oxygen atoms in total. The molecule has 40 heavy (non-hydrogen) atoms. The molecule has 0 saturated heterocycles. The minimum Gasteiger partial charge on any atom is -0.508 e. The number of H-pyrrole nitrogens is 1. The van der Waals surface area contributed by atoms with Crippen LogP contribution in [0.4, 0.5) is 4.39 Å². The van der Waals surface area contributed by atoms with E-state index in [-0.39, 0.29) is 12.8 Å². The maximum absolute atomic E-state index is 12.4. The van der Waals surface area contributed by atoms with Gasteiger partial charge < -0.3 is 14.8 Å². The number of hydrogen-bond acceptors (Lipinski definition) is 2. The summed E-state index contributed by atoms with van der Waals surface area (Å²) >= 11 is 0. The highest BCUT2D eigenvalue weighted by Gasteiger charge is 2.23. The molecular formula is C36H40FNO2. The molecule has 0 spiro atoms. The summed E-state index contributed by atoms with van der Waals surface area (Å²) in [4.78, 5) is 3.31. The largest absolute Gasteiger partial charge is 0.508 e. The zero-order valence-electron chi connectivity index (χ0n) is 23.3. The number of ether oxygens (including phenoxy) is 1. The topological polar surface area (TPSA) is 45.2 Å². The lowest BCUT2D eigenvalue weighted by molar-refractivity contribution is 0.127. The Morgan fingerprint density at radius 2 is 1.65 bits per heavy atom. The molecular weight excluding hydrogens is 497 g/mol. The predicted octanol–water partition coefficient (Wildman–Crippen LogP) is 9.64. The molecule has 2 N–H and O–H groups in total. The van der Waals surface area contributed by atoms with Crippen LogP contribution in [0.5, 0.6) is 11.5 Å². The average molecular weight is 538 g/mol. The maximum atomic E-state index is 12.4. The molecule has 0 unspecified atom stereocenters. The number of aromatic amines is 1. The number of rotatable bonds is 9. The Balaban J connectivity index is 1.24. The maximum Gasteiger partial charge on any atom is 0.119 e. The number of phenols is 1. The minimum absolute atomic E-state index is 0.183. The van der Waals surface area contributed by atoms with Gasteiger partial charge in [-0.2, -0.15) is 0 Å². The zero-order chi connectivity index (χ0) is 27.3. The lowest BCUT2D eigenvalue weighted by Gasteiger charge is -2.29. The summed E-state index contributed by atoms with van der Waals surface area (Å²) in [6.45, 7) is -0.183. The quantitative estimate of drug-likeness (QED) is 0.209. The molecule has 1 heterocycles. The molecule has 208 valence electrons. The van der Waals surface area contributed by atoms with Crippen molar-refractivity contribution in [2.24, 2.45) is 5.92 Å². The summed E-state index contributed by atoms with van der Waals surface area (Å²) in [6, 6.07) is 23.3. The van der Waals surface area contributed by atoms with E-state index in [2.05, 4.69) is 59.6 Å². The molecule has 4 heteroatoms. The van der Waals surface area contributed by atoms with Crippen LogP contribution >= 0.6 is 0 Å². The number of aromatic nitrogens is 1. The number of aryl methyl sites for hydroxylation is 1. The van der Waals surface area contributed by atoms with Crippen LogP contribution in [0.2, 0.25) is 0 Å². The highest BCUT2D eigenvalue weighted by molar-refractivity contribution is 6.01. The Morgan fingerprint density at radius 1 is 0.825 bits per heavy atom. The van der Waals surface area contributed by atoms with Gasteiger partial charge in [0.2, 0.25) is 0 Å². The van der Waals surface area contributed by atoms with Crippen molar-refractivity contribution in [3.8, 4) is 11.5 Å². The van der Waals surface area contributed by atoms with Gasteiger partial charge in [0.1, 0.15) is 11.5 Å². The normalized spacial score (nSPS) is 19.4. The summed E-state index contributed by atoms with van der Waals surface area (Å²) in [5, 5.41) is 11.5. The Hall–Kier alpha value is -3.53. The molecule has 1 fully saturated rings. The first-order valence-electron chi connectivity index (χ1n) is 15.1. The fourth-order valence-electron chi connectivity index (χ4n) is 6.77. The summed E-state index contributed by atoms with van der Waals surface area (Å²) in [5.41, 5.74) is 8.60. The van der Waals surface area contributed by atoms with Crippen LogP contribution in [0.25, 0.3) is 22.0 Å². The van der Waals surface area contributed by atoms with Gasteiger partial charge in [-0.1, -0.05) is 43.5 Å². The van der Waals surface area contributed by atoms with Gasteiger partial charge in [-0.05, 0) is 139 Å². The van der Waals surface area contributed by atoms with Crippen molar-refractivity contribution < 1.29 is 14.2 Å². The molecule has 0 aliphatic heterocycles. The van der Waals surface area contributed by atoms with Crippen molar-refractivity contribution in [1.29, 1.82) is 0 Å². The molecule has 1 saturated carbocycles. The molecule has 0 atom stereocenters. The first kappa shape index (κ1) is 26.7. The van der Waals surface area contributed by atoms with Gasteiger partial charge in [0.25, 0.3) is 0 Å². The lowest BCUT2D eigenvalue weighted by Crippen LogP contribution is -2.24. The van der Waals surface area contributed by atoms with Crippen molar-refractivity contribution >= 4 is 22.0 Å². The van der Waals surface area contributed by atoms with Crippen LogP contribution in [0.3, 0.4) is 0 Å². The summed E-state index contributed by atoms with van der Waals surface area (Å²) in [6.07, 6.45) is 14.0. The van der Waals surface area contributed by atoms with Crippen LogP contribution in [0, 0.1) is 5.92 Å². The van der Waals surface area contributed by atoms with E-state index in [1.165, 1.54) is 58.0 Å². The predicted molar refractivity (Wildman–Crippen MR) is 163 cm³/mol. The second-order valence-electron chi connectivity index (χ2n) is 11.7. The average Bonchev–Trinajstić information content (AvgIpc) is 3.37. The van der Waals surface area contributed by atoms with E-state index in [1.807, 2.05) is 18.3 Å². The highest BCUT2D eigenvalue weighted by Crippen LogP contribution is 2.42. The van der Waals surface area contributed by atoms with E-state index < -0.39 is 0 Å². The number of fused-ring (bicyclic) bond motifs is 2. The molecule has 2 aliphatic carbocycles. The zero-order valence-corrected chi connectivity index (χ0v) is 23.3. The van der Waals surface area contributed by atoms with E-state index >= 15 is 0 Å². The van der Waals surface area contributed by atoms with E-state index in [1.54, 1.807) is 0 Å². The van der Waals surface area contributed by atoms with Crippen molar-refractivity contribution in [2.75, 3.05) is 6.67 Å². The standard InChI is InChI=1S/C36H40FNO2/c37-21-3-1-2-5-25-8-14-31(15-9-25)40-32-16-10-26(11-17-32)36-33(28-12-19-35-29(23-28)20-22-38-35)7-4-6-27-24-30(39)13-18-34(27)36/h10-13,16-20,22-25,31,38-39H,1-9,14-15,21H2. The third kappa shape index (κ3) is 5.96. The molecule has 0 radical (unpaired) electrons. The monoisotopic (exact) mass is 537 g/mol. The third-order valence-corrected chi connectivity index (χ3v) is 8.92. The van der Waals surface area contributed by atoms with Gasteiger partial charge in [-0.15, -0.1) is 0 Å². The van der Waals surface area contributed by atoms with Gasteiger partial charge in [-0.3, -0.25) is 4.39 Å². The summed E-state index contributed by atoms with van der Waals surface area (Å²) < 4.78 is 18.8. The first-order valence-corrected chi connectivity index (χ1v) is 15.1. The van der Waals surface area contributed by atoms with Crippen molar-refractivity contribution in [3.05, 3.63) is 95.2 Å². The molecule has 6 rings (SSSR count). The van der Waals surface area contributed by atoms with Gasteiger partial charge in [0.05, 0.1) is 12.8 Å². The number of alkyl halides is 1. The lowest BCUT2D eigenvalue weighted by atomic mass is 9.84. The Morgan fingerprint density at radius 3 is 2.48 bits per heavy atom. The van der Waals surface area contributed by atoms with Crippen LogP contribution < -0.4 is 4.74 Å². The second kappa shape index (κ2) is 12.3. The van der Waals surface area contributed by atoms with Gasteiger partial charge in [-0.25, -0.2) is 0 Å². The molecule has 2 aliphatic rings. The minimum atomic E-state index is -0.183. The van der Waals surface area contributed by atoms with E-state index in [9.17, 15) is 9.50 Å². The number of unbranched alkanes of at least 4 members (excludes halogenated alkanes) is 2.